The lowest BCUT2D eigenvalue weighted by Gasteiger charge is -2.11. The van der Waals surface area contributed by atoms with Gasteiger partial charge in [-0.2, -0.15) is 5.10 Å². The van der Waals surface area contributed by atoms with Gasteiger partial charge in [0.15, 0.2) is 0 Å². The van der Waals surface area contributed by atoms with Gasteiger partial charge in [0.1, 0.15) is 11.0 Å². The number of rotatable bonds is 4. The first-order chi connectivity index (χ1) is 9.63. The highest BCUT2D eigenvalue weighted by molar-refractivity contribution is 9.10. The molecular weight excluding hydrogens is 318 g/mol. The largest absolute Gasteiger partial charge is 0.379 e. The summed E-state index contributed by atoms with van der Waals surface area (Å²) in [6, 6.07) is 8.08. The minimum Gasteiger partial charge on any atom is -0.379 e. The lowest BCUT2D eigenvalue weighted by Crippen LogP contribution is -2.24. The minimum absolute atomic E-state index is 0.162. The summed E-state index contributed by atoms with van der Waals surface area (Å²) in [5.74, 6) is 2.40. The van der Waals surface area contributed by atoms with E-state index in [9.17, 15) is 4.79 Å². The molecule has 2 rings (SSSR count). The van der Waals surface area contributed by atoms with Gasteiger partial charge in [-0.1, -0.05) is 30.2 Å². The van der Waals surface area contributed by atoms with Crippen molar-refractivity contribution in [2.24, 2.45) is 0 Å². The van der Waals surface area contributed by atoms with Crippen molar-refractivity contribution in [2.45, 2.75) is 20.0 Å². The fourth-order valence-corrected chi connectivity index (χ4v) is 2.23. The molecule has 0 aliphatic rings. The maximum Gasteiger partial charge on any atom is 0.284 e. The summed E-state index contributed by atoms with van der Waals surface area (Å²) in [5.41, 5.74) is 2.79. The number of terminal acetylenes is 1. The molecule has 1 aromatic heterocycles. The molecule has 0 amide bonds. The summed E-state index contributed by atoms with van der Waals surface area (Å²) < 4.78 is 1.68. The molecule has 0 bridgehead atoms. The summed E-state index contributed by atoms with van der Waals surface area (Å²) in [7, 11) is 0. The van der Waals surface area contributed by atoms with Gasteiger partial charge in [0.25, 0.3) is 5.56 Å². The first-order valence-corrected chi connectivity index (χ1v) is 6.90. The molecule has 1 heterocycles. The van der Waals surface area contributed by atoms with E-state index in [4.69, 9.17) is 6.42 Å². The number of benzene rings is 1. The number of aryl methyl sites for hydroxylation is 1. The summed E-state index contributed by atoms with van der Waals surface area (Å²) in [6.45, 7) is 2.84. The normalized spacial score (nSPS) is 10.1. The van der Waals surface area contributed by atoms with Crippen LogP contribution in [0.4, 0.5) is 5.69 Å². The van der Waals surface area contributed by atoms with E-state index >= 15 is 0 Å². The van der Waals surface area contributed by atoms with Crippen molar-refractivity contribution in [3.8, 4) is 12.3 Å². The second-order valence-corrected chi connectivity index (χ2v) is 5.11. The molecule has 0 aliphatic carbocycles. The number of anilines is 1. The number of nitrogens with zero attached hydrogens (tertiary/aromatic N) is 2. The van der Waals surface area contributed by atoms with Crippen LogP contribution < -0.4 is 10.9 Å². The Kier molecular flexibility index (Phi) is 4.59. The van der Waals surface area contributed by atoms with E-state index in [0.29, 0.717) is 16.7 Å². The Bertz CT molecular complexity index is 716. The third-order valence-electron chi connectivity index (χ3n) is 2.96. The van der Waals surface area contributed by atoms with Crippen LogP contribution in [0, 0.1) is 19.3 Å². The quantitative estimate of drug-likeness (QED) is 0.876. The monoisotopic (exact) mass is 331 g/mol. The minimum atomic E-state index is -0.238. The Morgan fingerprint density at radius 2 is 2.20 bits per heavy atom. The van der Waals surface area contributed by atoms with Gasteiger partial charge in [-0.25, -0.2) is 4.68 Å². The molecule has 0 fully saturated rings. The van der Waals surface area contributed by atoms with Crippen molar-refractivity contribution >= 4 is 21.6 Å². The molecule has 2 aromatic rings. The Balaban J connectivity index is 2.19. The molecule has 102 valence electrons. The van der Waals surface area contributed by atoms with Crippen molar-refractivity contribution in [1.82, 2.24) is 9.78 Å². The molecule has 4 nitrogen and oxygen atoms in total. The molecule has 0 radical (unpaired) electrons. The Hall–Kier alpha value is -2.06. The van der Waals surface area contributed by atoms with Gasteiger partial charge in [-0.3, -0.25) is 4.79 Å². The van der Waals surface area contributed by atoms with Gasteiger partial charge in [0.2, 0.25) is 0 Å². The topological polar surface area (TPSA) is 46.9 Å². The number of halogens is 1. The van der Waals surface area contributed by atoms with Gasteiger partial charge in [0.05, 0.1) is 11.9 Å². The van der Waals surface area contributed by atoms with Gasteiger partial charge in [0, 0.05) is 6.54 Å². The molecular formula is C15H14BrN3O. The van der Waals surface area contributed by atoms with Crippen LogP contribution in [0.3, 0.4) is 0 Å². The van der Waals surface area contributed by atoms with Crippen LogP contribution >= 0.6 is 15.9 Å². The molecule has 0 saturated carbocycles. The Morgan fingerprint density at radius 3 is 2.90 bits per heavy atom. The van der Waals surface area contributed by atoms with Crippen LogP contribution in [0.25, 0.3) is 0 Å². The third kappa shape index (κ3) is 3.09. The molecule has 1 N–H and O–H groups in total. The molecule has 0 aliphatic heterocycles. The van der Waals surface area contributed by atoms with E-state index in [1.54, 1.807) is 6.20 Å². The average Bonchev–Trinajstić information content (AvgIpc) is 2.45. The Labute approximate surface area is 126 Å². The second kappa shape index (κ2) is 6.40. The van der Waals surface area contributed by atoms with Crippen molar-refractivity contribution < 1.29 is 0 Å². The maximum atomic E-state index is 12.0. The van der Waals surface area contributed by atoms with Crippen LogP contribution in [0.15, 0.2) is 39.7 Å². The lowest BCUT2D eigenvalue weighted by molar-refractivity contribution is 0.659. The molecule has 5 heteroatoms. The highest BCUT2D eigenvalue weighted by Gasteiger charge is 2.08. The number of hydrogen-bond acceptors (Lipinski definition) is 3. The number of nitrogens with one attached hydrogen (secondary N) is 1. The van der Waals surface area contributed by atoms with E-state index in [1.807, 2.05) is 18.2 Å². The van der Waals surface area contributed by atoms with Gasteiger partial charge >= 0.3 is 0 Å². The zero-order chi connectivity index (χ0) is 14.5. The highest BCUT2D eigenvalue weighted by Crippen LogP contribution is 2.18. The van der Waals surface area contributed by atoms with Crippen LogP contribution in [-0.4, -0.2) is 9.78 Å². The summed E-state index contributed by atoms with van der Waals surface area (Å²) >= 11 is 3.29. The van der Waals surface area contributed by atoms with Crippen molar-refractivity contribution in [1.29, 1.82) is 0 Å². The van der Waals surface area contributed by atoms with E-state index in [1.165, 1.54) is 15.8 Å². The van der Waals surface area contributed by atoms with E-state index in [-0.39, 0.29) is 12.1 Å². The van der Waals surface area contributed by atoms with Gasteiger partial charge in [-0.15, -0.1) is 6.42 Å². The zero-order valence-corrected chi connectivity index (χ0v) is 12.6. The molecule has 0 atom stereocenters. The molecule has 0 saturated heterocycles. The molecule has 0 unspecified atom stereocenters. The van der Waals surface area contributed by atoms with Crippen molar-refractivity contribution in [2.75, 3.05) is 5.32 Å². The zero-order valence-electron chi connectivity index (χ0n) is 11.1. The standard InChI is InChI=1S/C15H14BrN3O/c1-3-8-19-15(20)14(16)13(10-18-19)17-9-12-7-5-4-6-11(12)2/h1,4-7,10,17H,8-9H2,2H3. The fourth-order valence-electron chi connectivity index (χ4n) is 1.79. The van der Waals surface area contributed by atoms with Crippen LogP contribution in [-0.2, 0) is 13.1 Å². The summed E-state index contributed by atoms with van der Waals surface area (Å²) in [6.07, 6.45) is 6.79. The average molecular weight is 332 g/mol. The SMILES string of the molecule is C#CCn1ncc(NCc2ccccc2C)c(Br)c1=O. The predicted octanol–water partition coefficient (Wildman–Crippen LogP) is 2.56. The van der Waals surface area contributed by atoms with Gasteiger partial charge < -0.3 is 5.32 Å². The summed E-state index contributed by atoms with van der Waals surface area (Å²) in [5, 5.41) is 7.24. The first kappa shape index (κ1) is 14.4. The smallest absolute Gasteiger partial charge is 0.284 e. The van der Waals surface area contributed by atoms with Crippen molar-refractivity contribution in [3.05, 3.63) is 56.4 Å². The lowest BCUT2D eigenvalue weighted by atomic mass is 10.1. The highest BCUT2D eigenvalue weighted by atomic mass is 79.9. The number of hydrogen-bond donors (Lipinski definition) is 1. The molecule has 20 heavy (non-hydrogen) atoms. The van der Waals surface area contributed by atoms with Gasteiger partial charge in [-0.05, 0) is 34.0 Å². The van der Waals surface area contributed by atoms with Crippen LogP contribution in [0.5, 0.6) is 0 Å². The van der Waals surface area contributed by atoms with Crippen molar-refractivity contribution in [3.63, 3.8) is 0 Å². The first-order valence-electron chi connectivity index (χ1n) is 6.11. The molecule has 0 spiro atoms. The molecule has 1 aromatic carbocycles. The van der Waals surface area contributed by atoms with E-state index in [2.05, 4.69) is 45.3 Å². The number of aromatic nitrogens is 2. The van der Waals surface area contributed by atoms with Crippen LogP contribution in [0.1, 0.15) is 11.1 Å². The third-order valence-corrected chi connectivity index (χ3v) is 3.72. The second-order valence-electron chi connectivity index (χ2n) is 4.32. The van der Waals surface area contributed by atoms with E-state index < -0.39 is 0 Å². The predicted molar refractivity (Wildman–Crippen MR) is 83.5 cm³/mol. The Morgan fingerprint density at radius 1 is 1.45 bits per heavy atom. The maximum absolute atomic E-state index is 12.0. The van der Waals surface area contributed by atoms with E-state index in [0.717, 1.165) is 0 Å². The summed E-state index contributed by atoms with van der Waals surface area (Å²) in [4.78, 5) is 12.0. The van der Waals surface area contributed by atoms with Crippen LogP contribution in [0.2, 0.25) is 0 Å². The fraction of sp³-hybridized carbons (Fsp3) is 0.200.